The Morgan fingerprint density at radius 2 is 1.84 bits per heavy atom. The minimum absolute atomic E-state index is 0.138. The molecular formula is C14H26N2O3. The molecule has 1 atom stereocenters. The predicted molar refractivity (Wildman–Crippen MR) is 74.0 cm³/mol. The maximum atomic E-state index is 11.5. The molecule has 0 aromatic rings. The van der Waals surface area contributed by atoms with Crippen LogP contribution in [-0.2, 0) is 4.79 Å². The van der Waals surface area contributed by atoms with E-state index in [0.717, 1.165) is 18.9 Å². The Balaban J connectivity index is 1.94. The zero-order valence-corrected chi connectivity index (χ0v) is 11.8. The van der Waals surface area contributed by atoms with Gasteiger partial charge in [-0.05, 0) is 25.2 Å². The van der Waals surface area contributed by atoms with Crippen molar-refractivity contribution in [2.45, 2.75) is 51.9 Å². The lowest BCUT2D eigenvalue weighted by Crippen LogP contribution is -2.37. The molecule has 0 radical (unpaired) electrons. The van der Waals surface area contributed by atoms with Crippen molar-refractivity contribution >= 4 is 12.0 Å². The molecule has 0 spiro atoms. The number of rotatable bonds is 8. The molecule has 5 nitrogen and oxygen atoms in total. The maximum Gasteiger partial charge on any atom is 0.314 e. The van der Waals surface area contributed by atoms with Gasteiger partial charge in [-0.25, -0.2) is 4.79 Å². The monoisotopic (exact) mass is 270 g/mol. The summed E-state index contributed by atoms with van der Waals surface area (Å²) in [6.45, 7) is 2.96. The van der Waals surface area contributed by atoms with Crippen molar-refractivity contribution in [3.8, 4) is 0 Å². The van der Waals surface area contributed by atoms with Gasteiger partial charge in [-0.1, -0.05) is 32.6 Å². The van der Waals surface area contributed by atoms with Crippen LogP contribution < -0.4 is 10.6 Å². The van der Waals surface area contributed by atoms with E-state index in [2.05, 4.69) is 10.6 Å². The van der Waals surface area contributed by atoms with Gasteiger partial charge in [0, 0.05) is 13.1 Å². The van der Waals surface area contributed by atoms with Gasteiger partial charge in [0.25, 0.3) is 0 Å². The molecule has 0 saturated heterocycles. The van der Waals surface area contributed by atoms with E-state index < -0.39 is 5.97 Å². The van der Waals surface area contributed by atoms with Crippen molar-refractivity contribution in [1.29, 1.82) is 0 Å². The molecule has 2 amide bonds. The van der Waals surface area contributed by atoms with E-state index in [1.54, 1.807) is 6.92 Å². The molecule has 1 saturated carbocycles. The second-order valence-electron chi connectivity index (χ2n) is 5.50. The van der Waals surface area contributed by atoms with E-state index in [0.29, 0.717) is 19.4 Å². The molecule has 0 bridgehead atoms. The van der Waals surface area contributed by atoms with Crippen LogP contribution in [0.4, 0.5) is 4.79 Å². The van der Waals surface area contributed by atoms with E-state index in [1.165, 1.54) is 25.7 Å². The summed E-state index contributed by atoms with van der Waals surface area (Å²) in [5.74, 6) is -0.329. The molecule has 1 aliphatic carbocycles. The molecule has 0 aliphatic heterocycles. The molecule has 1 rings (SSSR count). The van der Waals surface area contributed by atoms with Gasteiger partial charge in [-0.3, -0.25) is 4.79 Å². The van der Waals surface area contributed by atoms with Crippen LogP contribution in [0.15, 0.2) is 0 Å². The molecule has 0 aromatic heterocycles. The van der Waals surface area contributed by atoms with Gasteiger partial charge in [-0.15, -0.1) is 0 Å². The third-order valence-electron chi connectivity index (χ3n) is 3.83. The third kappa shape index (κ3) is 7.03. The number of amides is 2. The Labute approximate surface area is 115 Å². The highest BCUT2D eigenvalue weighted by Gasteiger charge is 2.14. The third-order valence-corrected chi connectivity index (χ3v) is 3.83. The average molecular weight is 270 g/mol. The van der Waals surface area contributed by atoms with Crippen LogP contribution >= 0.6 is 0 Å². The Bertz CT molecular complexity index is 288. The van der Waals surface area contributed by atoms with E-state index >= 15 is 0 Å². The topological polar surface area (TPSA) is 78.4 Å². The molecule has 19 heavy (non-hydrogen) atoms. The summed E-state index contributed by atoms with van der Waals surface area (Å²) >= 11 is 0. The molecule has 1 aliphatic rings. The van der Waals surface area contributed by atoms with Gasteiger partial charge in [0.1, 0.15) is 0 Å². The standard InChI is InChI=1S/C14H26N2O3/c1-11(13(17)18)5-4-9-15-14(19)16-10-8-12-6-2-3-7-12/h11-12H,2-10H2,1H3,(H,17,18)(H2,15,16,19). The van der Waals surface area contributed by atoms with E-state index in [9.17, 15) is 9.59 Å². The van der Waals surface area contributed by atoms with Gasteiger partial charge < -0.3 is 15.7 Å². The molecule has 0 aromatic carbocycles. The number of carbonyl (C=O) groups is 2. The molecular weight excluding hydrogens is 244 g/mol. The molecule has 0 heterocycles. The minimum Gasteiger partial charge on any atom is -0.481 e. The number of hydrogen-bond donors (Lipinski definition) is 3. The maximum absolute atomic E-state index is 11.5. The fourth-order valence-corrected chi connectivity index (χ4v) is 2.49. The molecule has 1 fully saturated rings. The second kappa shape index (κ2) is 8.77. The lowest BCUT2D eigenvalue weighted by molar-refractivity contribution is -0.141. The fraction of sp³-hybridized carbons (Fsp3) is 0.857. The normalized spacial score (nSPS) is 17.1. The van der Waals surface area contributed by atoms with E-state index in [4.69, 9.17) is 5.11 Å². The number of carboxylic acids is 1. The van der Waals surface area contributed by atoms with Crippen molar-refractivity contribution in [3.05, 3.63) is 0 Å². The fourth-order valence-electron chi connectivity index (χ4n) is 2.49. The van der Waals surface area contributed by atoms with Gasteiger partial charge in [-0.2, -0.15) is 0 Å². The summed E-state index contributed by atoms with van der Waals surface area (Å²) < 4.78 is 0. The zero-order chi connectivity index (χ0) is 14.1. The van der Waals surface area contributed by atoms with Crippen LogP contribution in [0.2, 0.25) is 0 Å². The Morgan fingerprint density at radius 1 is 1.21 bits per heavy atom. The molecule has 5 heteroatoms. The molecule has 1 unspecified atom stereocenters. The highest BCUT2D eigenvalue weighted by molar-refractivity contribution is 5.73. The predicted octanol–water partition coefficient (Wildman–Crippen LogP) is 2.37. The number of aliphatic carboxylic acids is 1. The van der Waals surface area contributed by atoms with Crippen LogP contribution in [0, 0.1) is 11.8 Å². The van der Waals surface area contributed by atoms with Crippen molar-refractivity contribution in [1.82, 2.24) is 10.6 Å². The van der Waals surface area contributed by atoms with Gasteiger partial charge in [0.2, 0.25) is 0 Å². The zero-order valence-electron chi connectivity index (χ0n) is 11.8. The second-order valence-corrected chi connectivity index (χ2v) is 5.50. The van der Waals surface area contributed by atoms with Gasteiger partial charge in [0.05, 0.1) is 5.92 Å². The van der Waals surface area contributed by atoms with Crippen molar-refractivity contribution in [2.24, 2.45) is 11.8 Å². The summed E-state index contributed by atoms with van der Waals surface area (Å²) in [6, 6.07) is -0.138. The number of carboxylic acid groups (broad SMARTS) is 1. The first-order valence-corrected chi connectivity index (χ1v) is 7.34. The minimum atomic E-state index is -0.777. The summed E-state index contributed by atoms with van der Waals surface area (Å²) in [7, 11) is 0. The highest BCUT2D eigenvalue weighted by atomic mass is 16.4. The van der Waals surface area contributed by atoms with Crippen molar-refractivity contribution < 1.29 is 14.7 Å². The lowest BCUT2D eigenvalue weighted by Gasteiger charge is -2.11. The largest absolute Gasteiger partial charge is 0.481 e. The first kappa shape index (κ1) is 15.8. The van der Waals surface area contributed by atoms with E-state index in [1.807, 2.05) is 0 Å². The van der Waals surface area contributed by atoms with Gasteiger partial charge >= 0.3 is 12.0 Å². The first-order valence-electron chi connectivity index (χ1n) is 7.34. The number of hydrogen-bond acceptors (Lipinski definition) is 2. The van der Waals surface area contributed by atoms with Crippen LogP contribution in [0.25, 0.3) is 0 Å². The number of carbonyl (C=O) groups excluding carboxylic acids is 1. The smallest absolute Gasteiger partial charge is 0.314 e. The number of urea groups is 1. The summed E-state index contributed by atoms with van der Waals surface area (Å²) in [6.07, 6.45) is 7.63. The van der Waals surface area contributed by atoms with E-state index in [-0.39, 0.29) is 11.9 Å². The summed E-state index contributed by atoms with van der Waals surface area (Å²) in [4.78, 5) is 22.1. The van der Waals surface area contributed by atoms with Crippen LogP contribution in [0.3, 0.4) is 0 Å². The average Bonchev–Trinajstić information content (AvgIpc) is 2.87. The summed E-state index contributed by atoms with van der Waals surface area (Å²) in [5.41, 5.74) is 0. The van der Waals surface area contributed by atoms with Gasteiger partial charge in [0.15, 0.2) is 0 Å². The molecule has 3 N–H and O–H groups in total. The van der Waals surface area contributed by atoms with Crippen LogP contribution in [-0.4, -0.2) is 30.2 Å². The first-order chi connectivity index (χ1) is 9.09. The Kier molecular flexibility index (Phi) is 7.30. The highest BCUT2D eigenvalue weighted by Crippen LogP contribution is 2.26. The lowest BCUT2D eigenvalue weighted by atomic mass is 10.0. The number of nitrogens with one attached hydrogen (secondary N) is 2. The van der Waals surface area contributed by atoms with Crippen LogP contribution in [0.1, 0.15) is 51.9 Å². The van der Waals surface area contributed by atoms with Crippen molar-refractivity contribution in [3.63, 3.8) is 0 Å². The summed E-state index contributed by atoms with van der Waals surface area (Å²) in [5, 5.41) is 14.3. The quantitative estimate of drug-likeness (QED) is 0.592. The molecule has 110 valence electrons. The van der Waals surface area contributed by atoms with Crippen molar-refractivity contribution in [2.75, 3.05) is 13.1 Å². The van der Waals surface area contributed by atoms with Crippen LogP contribution in [0.5, 0.6) is 0 Å². The Morgan fingerprint density at radius 3 is 2.47 bits per heavy atom. The SMILES string of the molecule is CC(CCCNC(=O)NCCC1CCCC1)C(=O)O. The Hall–Kier alpha value is -1.26.